The monoisotopic (exact) mass is 663 g/mol. The normalized spacial score (nSPS) is 17.8. The van der Waals surface area contributed by atoms with Crippen molar-refractivity contribution in [2.75, 3.05) is 48.0 Å². The molecule has 2 fully saturated rings. The van der Waals surface area contributed by atoms with Gasteiger partial charge < -0.3 is 24.8 Å². The minimum absolute atomic E-state index is 0. The Kier molecular flexibility index (Phi) is 8.91. The number of ether oxygens (including phenoxy) is 2. The predicted molar refractivity (Wildman–Crippen MR) is 163 cm³/mol. The van der Waals surface area contributed by atoms with Gasteiger partial charge in [-0.05, 0) is 37.1 Å². The fourth-order valence-corrected chi connectivity index (χ4v) is 5.97. The van der Waals surface area contributed by atoms with Gasteiger partial charge in [-0.3, -0.25) is 29.5 Å². The first kappa shape index (κ1) is 32.6. The van der Waals surface area contributed by atoms with Crippen molar-refractivity contribution >= 4 is 64.1 Å². The third-order valence-electron chi connectivity index (χ3n) is 7.97. The number of alkyl halides is 3. The van der Waals surface area contributed by atoms with Crippen LogP contribution < -0.4 is 34.8 Å². The maximum Gasteiger partial charge on any atom is 0.573 e. The molecule has 3 N–H and O–H groups in total. The molecule has 0 saturated carbocycles. The van der Waals surface area contributed by atoms with Crippen LogP contribution in [0, 0.1) is 0 Å². The summed E-state index contributed by atoms with van der Waals surface area (Å²) in [5, 5.41) is 16.7. The summed E-state index contributed by atoms with van der Waals surface area (Å²) in [6.45, 7) is 0.898. The number of nitrogens with zero attached hydrogens (tertiary/aromatic N) is 3. The number of benzene rings is 3. The van der Waals surface area contributed by atoms with Crippen LogP contribution in [0.4, 0.5) is 35.0 Å². The molecule has 3 aromatic rings. The quantitative estimate of drug-likeness (QED) is 0.230. The van der Waals surface area contributed by atoms with Crippen LogP contribution in [-0.4, -0.2) is 80.7 Å². The van der Waals surface area contributed by atoms with E-state index in [1.54, 1.807) is 25.2 Å². The number of imide groups is 1. The van der Waals surface area contributed by atoms with Crippen LogP contribution in [0.1, 0.15) is 23.2 Å². The molecule has 0 aliphatic carbocycles. The maximum absolute atomic E-state index is 13.6. The summed E-state index contributed by atoms with van der Waals surface area (Å²) in [6.07, 6.45) is -6.06. The van der Waals surface area contributed by atoms with Gasteiger partial charge in [0.15, 0.2) is 0 Å². The van der Waals surface area contributed by atoms with Gasteiger partial charge in [0.1, 0.15) is 24.1 Å². The molecule has 3 aliphatic heterocycles. The van der Waals surface area contributed by atoms with Crippen LogP contribution in [0.3, 0.4) is 0 Å². The van der Waals surface area contributed by atoms with Crippen molar-refractivity contribution in [3.63, 3.8) is 0 Å². The van der Waals surface area contributed by atoms with E-state index in [0.29, 0.717) is 28.9 Å². The highest BCUT2D eigenvalue weighted by Crippen LogP contribution is 2.43. The Morgan fingerprint density at radius 3 is 2.52 bits per heavy atom. The van der Waals surface area contributed by atoms with Crippen molar-refractivity contribution in [2.45, 2.75) is 31.3 Å². The molecule has 244 valence electrons. The SMILES string of the molecule is CNCCOc1cc(OC(F)(F)F)cc(N(C(=O)O)C2CN(c3cc4c5c(cccc5c3)N(C3CCC(=O)NC3=O)C4=O)C2)c1.Cl. The van der Waals surface area contributed by atoms with Gasteiger partial charge in [0.25, 0.3) is 5.91 Å². The number of anilines is 3. The molecule has 0 radical (unpaired) electrons. The van der Waals surface area contributed by atoms with E-state index < -0.39 is 36.2 Å². The lowest BCUT2D eigenvalue weighted by molar-refractivity contribution is -0.274. The highest BCUT2D eigenvalue weighted by molar-refractivity contribution is 6.27. The van der Waals surface area contributed by atoms with Crippen molar-refractivity contribution in [1.29, 1.82) is 0 Å². The fraction of sp³-hybridized carbons (Fsp3) is 0.333. The number of carboxylic acid groups (broad SMARTS) is 1. The van der Waals surface area contributed by atoms with Gasteiger partial charge in [-0.25, -0.2) is 4.79 Å². The molecule has 0 spiro atoms. The second kappa shape index (κ2) is 12.6. The highest BCUT2D eigenvalue weighted by Gasteiger charge is 2.42. The molecule has 12 nitrogen and oxygen atoms in total. The Bertz CT molecular complexity index is 1720. The van der Waals surface area contributed by atoms with Crippen LogP contribution in [0.15, 0.2) is 48.5 Å². The number of halogens is 4. The third-order valence-corrected chi connectivity index (χ3v) is 7.97. The molecule has 1 atom stereocenters. The summed E-state index contributed by atoms with van der Waals surface area (Å²) in [7, 11) is 1.68. The van der Waals surface area contributed by atoms with Crippen molar-refractivity contribution in [2.24, 2.45) is 0 Å². The first-order chi connectivity index (χ1) is 21.4. The average Bonchev–Trinajstić information content (AvgIpc) is 3.21. The number of hydrogen-bond donors (Lipinski definition) is 3. The van der Waals surface area contributed by atoms with Crippen LogP contribution in [0.25, 0.3) is 10.8 Å². The van der Waals surface area contributed by atoms with Crippen LogP contribution in [0.2, 0.25) is 0 Å². The molecule has 0 aromatic heterocycles. The van der Waals surface area contributed by atoms with E-state index in [2.05, 4.69) is 15.4 Å². The summed E-state index contributed by atoms with van der Waals surface area (Å²) in [5.41, 5.74) is 1.53. The van der Waals surface area contributed by atoms with Crippen molar-refractivity contribution < 1.29 is 46.9 Å². The number of rotatable bonds is 9. The average molecular weight is 664 g/mol. The van der Waals surface area contributed by atoms with Crippen molar-refractivity contribution in [1.82, 2.24) is 10.6 Å². The predicted octanol–water partition coefficient (Wildman–Crippen LogP) is 3.90. The van der Waals surface area contributed by atoms with Crippen molar-refractivity contribution in [3.05, 3.63) is 54.1 Å². The molecule has 2 saturated heterocycles. The van der Waals surface area contributed by atoms with E-state index in [-0.39, 0.29) is 68.2 Å². The number of carbonyl (C=O) groups is 4. The van der Waals surface area contributed by atoms with E-state index in [1.165, 1.54) is 11.0 Å². The largest absolute Gasteiger partial charge is 0.573 e. The molecule has 0 bridgehead atoms. The Labute approximate surface area is 266 Å². The molecule has 16 heteroatoms. The van der Waals surface area contributed by atoms with Gasteiger partial charge in [0, 0.05) is 55.3 Å². The minimum atomic E-state index is -5.00. The second-order valence-electron chi connectivity index (χ2n) is 10.9. The van der Waals surface area contributed by atoms with E-state index in [0.717, 1.165) is 22.4 Å². The topological polar surface area (TPSA) is 141 Å². The molecular weight excluding hydrogens is 635 g/mol. The first-order valence-electron chi connectivity index (χ1n) is 14.1. The van der Waals surface area contributed by atoms with Crippen molar-refractivity contribution in [3.8, 4) is 11.5 Å². The zero-order valence-corrected chi connectivity index (χ0v) is 25.1. The number of hydrogen-bond acceptors (Lipinski definition) is 8. The zero-order chi connectivity index (χ0) is 32.0. The van der Waals surface area contributed by atoms with E-state index in [9.17, 15) is 37.5 Å². The van der Waals surface area contributed by atoms with Gasteiger partial charge >= 0.3 is 12.5 Å². The molecule has 1 unspecified atom stereocenters. The zero-order valence-electron chi connectivity index (χ0n) is 24.3. The minimum Gasteiger partial charge on any atom is -0.492 e. The first-order valence-corrected chi connectivity index (χ1v) is 14.1. The van der Waals surface area contributed by atoms with Gasteiger partial charge in [-0.1, -0.05) is 12.1 Å². The summed E-state index contributed by atoms with van der Waals surface area (Å²) in [5.74, 6) is -1.91. The van der Waals surface area contributed by atoms with E-state index in [4.69, 9.17) is 4.74 Å². The number of amides is 4. The van der Waals surface area contributed by atoms with Crippen LogP contribution in [-0.2, 0) is 9.59 Å². The van der Waals surface area contributed by atoms with Gasteiger partial charge in [-0.15, -0.1) is 25.6 Å². The Hall–Kier alpha value is -4.76. The Balaban J connectivity index is 0.00000417. The summed E-state index contributed by atoms with van der Waals surface area (Å²) in [6, 6.07) is 10.8. The smallest absolute Gasteiger partial charge is 0.492 e. The lowest BCUT2D eigenvalue weighted by atomic mass is 10.00. The number of piperidine rings is 1. The lowest BCUT2D eigenvalue weighted by Gasteiger charge is -2.45. The van der Waals surface area contributed by atoms with Crippen LogP contribution >= 0.6 is 12.4 Å². The van der Waals surface area contributed by atoms with Gasteiger partial charge in [0.05, 0.1) is 23.0 Å². The molecule has 3 aliphatic rings. The molecule has 4 amide bonds. The number of likely N-dealkylation sites (N-methyl/N-ethyl adjacent to an activating group) is 1. The molecular formula is C30H29ClF3N5O7. The van der Waals surface area contributed by atoms with E-state index >= 15 is 0 Å². The molecule has 3 heterocycles. The van der Waals surface area contributed by atoms with E-state index in [1.807, 2.05) is 17.0 Å². The summed E-state index contributed by atoms with van der Waals surface area (Å²) >= 11 is 0. The summed E-state index contributed by atoms with van der Waals surface area (Å²) < 4.78 is 48.7. The highest BCUT2D eigenvalue weighted by atomic mass is 35.5. The molecule has 6 rings (SSSR count). The third kappa shape index (κ3) is 6.20. The second-order valence-corrected chi connectivity index (χ2v) is 10.9. The fourth-order valence-electron chi connectivity index (χ4n) is 5.97. The van der Waals surface area contributed by atoms with Gasteiger partial charge in [-0.2, -0.15) is 0 Å². The Morgan fingerprint density at radius 2 is 1.85 bits per heavy atom. The standard InChI is InChI=1S/C30H28F3N5O7.ClH/c1-34-7-8-44-20-10-18(11-21(13-20)45-30(31,32)33)37(29(42)43)19-14-36(15-19)17-9-16-3-2-4-23-26(16)22(12-17)28(41)38(23)24-5-6-25(39)35-27(24)40;/h2-4,9-13,19,24,34H,5-8,14-15H2,1H3,(H,42,43)(H,35,39,40);1H. The Morgan fingerprint density at radius 1 is 1.11 bits per heavy atom. The van der Waals surface area contributed by atoms with Gasteiger partial charge in [0.2, 0.25) is 11.8 Å². The summed E-state index contributed by atoms with van der Waals surface area (Å²) in [4.78, 5) is 54.6. The number of carbonyl (C=O) groups excluding carboxylic acids is 3. The maximum atomic E-state index is 13.6. The number of nitrogens with one attached hydrogen (secondary N) is 2. The van der Waals surface area contributed by atoms with Crippen LogP contribution in [0.5, 0.6) is 11.5 Å². The molecule has 46 heavy (non-hydrogen) atoms. The lowest BCUT2D eigenvalue weighted by Crippen LogP contribution is -2.61. The molecule has 3 aromatic carbocycles.